The van der Waals surface area contributed by atoms with E-state index in [1.165, 1.54) is 0 Å². The summed E-state index contributed by atoms with van der Waals surface area (Å²) in [4.78, 5) is 5.57. The number of aromatic nitrogens is 2. The molecule has 3 rings (SSSR count). The molecule has 0 amide bonds. The number of aryl methyl sites for hydroxylation is 1. The molecule has 0 spiro atoms. The lowest BCUT2D eigenvalue weighted by molar-refractivity contribution is 1.07. The van der Waals surface area contributed by atoms with Gasteiger partial charge in [0.25, 0.3) is 0 Å². The second-order valence-corrected chi connectivity index (χ2v) is 4.71. The Morgan fingerprint density at radius 1 is 1.29 bits per heavy atom. The van der Waals surface area contributed by atoms with Crippen LogP contribution in [0, 0.1) is 18.3 Å². The molecule has 17 heavy (non-hydrogen) atoms. The molecule has 0 bridgehead atoms. The Hall–Kier alpha value is -2.12. The highest BCUT2D eigenvalue weighted by Crippen LogP contribution is 2.28. The Morgan fingerprint density at radius 3 is 2.88 bits per heavy atom. The van der Waals surface area contributed by atoms with Crippen LogP contribution in [0.1, 0.15) is 11.4 Å². The monoisotopic (exact) mass is 239 g/mol. The summed E-state index contributed by atoms with van der Waals surface area (Å²) in [5.41, 5.74) is 3.23. The minimum Gasteiger partial charge on any atom is -0.288 e. The van der Waals surface area contributed by atoms with Crippen molar-refractivity contribution >= 4 is 17.0 Å². The summed E-state index contributed by atoms with van der Waals surface area (Å²) >= 11 is 1.60. The van der Waals surface area contributed by atoms with Crippen molar-refractivity contribution in [3.63, 3.8) is 0 Å². The van der Waals surface area contributed by atoms with Crippen molar-refractivity contribution in [2.45, 2.75) is 6.92 Å². The van der Waals surface area contributed by atoms with Crippen molar-refractivity contribution in [3.8, 4) is 16.6 Å². The summed E-state index contributed by atoms with van der Waals surface area (Å²) < 4.78 is 1.90. The molecule has 3 aromatic rings. The molecule has 0 fully saturated rings. The summed E-state index contributed by atoms with van der Waals surface area (Å²) in [5.74, 6) is 0. The van der Waals surface area contributed by atoms with E-state index in [2.05, 4.69) is 11.1 Å². The van der Waals surface area contributed by atoms with E-state index >= 15 is 0 Å². The third kappa shape index (κ3) is 1.44. The van der Waals surface area contributed by atoms with Crippen molar-refractivity contribution in [1.29, 1.82) is 5.26 Å². The molecular formula is C13H9N3S. The molecule has 0 radical (unpaired) electrons. The number of thiophene rings is 1. The molecule has 4 heteroatoms. The first-order chi connectivity index (χ1) is 8.31. The van der Waals surface area contributed by atoms with Gasteiger partial charge in [0.15, 0.2) is 5.69 Å². The fourth-order valence-corrected chi connectivity index (χ4v) is 2.66. The topological polar surface area (TPSA) is 41.1 Å². The van der Waals surface area contributed by atoms with Gasteiger partial charge in [-0.3, -0.25) is 4.40 Å². The van der Waals surface area contributed by atoms with E-state index in [0.29, 0.717) is 5.69 Å². The van der Waals surface area contributed by atoms with Crippen molar-refractivity contribution in [2.75, 3.05) is 0 Å². The number of pyridine rings is 1. The van der Waals surface area contributed by atoms with Crippen LogP contribution < -0.4 is 0 Å². The van der Waals surface area contributed by atoms with Crippen LogP contribution in [-0.4, -0.2) is 9.38 Å². The van der Waals surface area contributed by atoms with E-state index < -0.39 is 0 Å². The van der Waals surface area contributed by atoms with Crippen LogP contribution in [0.15, 0.2) is 35.7 Å². The van der Waals surface area contributed by atoms with Crippen molar-refractivity contribution in [2.24, 2.45) is 0 Å². The van der Waals surface area contributed by atoms with Gasteiger partial charge < -0.3 is 0 Å². The molecule has 0 unspecified atom stereocenters. The maximum Gasteiger partial charge on any atom is 0.153 e. The van der Waals surface area contributed by atoms with E-state index in [0.717, 1.165) is 21.9 Å². The van der Waals surface area contributed by atoms with Gasteiger partial charge in [0.05, 0.1) is 4.88 Å². The van der Waals surface area contributed by atoms with Crippen LogP contribution in [0.4, 0.5) is 0 Å². The first-order valence-electron chi connectivity index (χ1n) is 5.23. The lowest BCUT2D eigenvalue weighted by Crippen LogP contribution is -1.93. The number of rotatable bonds is 1. The van der Waals surface area contributed by atoms with E-state index in [9.17, 15) is 5.26 Å². The molecule has 0 aliphatic heterocycles. The number of hydrogen-bond acceptors (Lipinski definition) is 3. The highest BCUT2D eigenvalue weighted by Gasteiger charge is 2.15. The van der Waals surface area contributed by atoms with Crippen LogP contribution >= 0.6 is 11.3 Å². The smallest absolute Gasteiger partial charge is 0.153 e. The molecule has 0 N–H and O–H groups in total. The van der Waals surface area contributed by atoms with E-state index in [4.69, 9.17) is 0 Å². The summed E-state index contributed by atoms with van der Waals surface area (Å²) in [7, 11) is 0. The highest BCUT2D eigenvalue weighted by atomic mass is 32.1. The lowest BCUT2D eigenvalue weighted by atomic mass is 10.3. The Balaban J connectivity index is 2.42. The first-order valence-corrected chi connectivity index (χ1v) is 6.11. The Morgan fingerprint density at radius 2 is 2.18 bits per heavy atom. The van der Waals surface area contributed by atoms with Crippen LogP contribution in [0.3, 0.4) is 0 Å². The first kappa shape index (κ1) is 10.1. The summed E-state index contributed by atoms with van der Waals surface area (Å²) in [6.45, 7) is 1.98. The average Bonchev–Trinajstić information content (AvgIpc) is 2.95. The zero-order valence-corrected chi connectivity index (χ0v) is 10.0. The minimum atomic E-state index is 0.612. The fourth-order valence-electron chi connectivity index (χ4n) is 1.94. The van der Waals surface area contributed by atoms with Gasteiger partial charge in [-0.05, 0) is 30.5 Å². The molecule has 3 heterocycles. The quantitative estimate of drug-likeness (QED) is 0.654. The van der Waals surface area contributed by atoms with Gasteiger partial charge in [0.1, 0.15) is 17.4 Å². The summed E-state index contributed by atoms with van der Waals surface area (Å²) in [6, 6.07) is 12.1. The van der Waals surface area contributed by atoms with Gasteiger partial charge in [0, 0.05) is 5.69 Å². The average molecular weight is 239 g/mol. The predicted molar refractivity (Wildman–Crippen MR) is 68.0 cm³/mol. The van der Waals surface area contributed by atoms with Crippen molar-refractivity contribution in [1.82, 2.24) is 9.38 Å². The van der Waals surface area contributed by atoms with Gasteiger partial charge in [-0.25, -0.2) is 4.98 Å². The second-order valence-electron chi connectivity index (χ2n) is 3.76. The number of nitriles is 1. The van der Waals surface area contributed by atoms with Gasteiger partial charge in [-0.15, -0.1) is 11.3 Å². The largest absolute Gasteiger partial charge is 0.288 e. The molecule has 3 aromatic heterocycles. The van der Waals surface area contributed by atoms with Gasteiger partial charge in [-0.1, -0.05) is 12.1 Å². The molecule has 0 saturated carbocycles. The summed E-state index contributed by atoms with van der Waals surface area (Å²) in [5, 5.41) is 11.3. The normalized spacial score (nSPS) is 10.6. The van der Waals surface area contributed by atoms with Crippen LogP contribution in [0.5, 0.6) is 0 Å². The van der Waals surface area contributed by atoms with E-state index in [1.54, 1.807) is 11.3 Å². The Labute approximate surface area is 103 Å². The predicted octanol–water partition coefficient (Wildman–Crippen LogP) is 3.24. The second kappa shape index (κ2) is 3.72. The van der Waals surface area contributed by atoms with E-state index in [-0.39, 0.29) is 0 Å². The molecule has 0 aromatic carbocycles. The molecule has 3 nitrogen and oxygen atoms in total. The van der Waals surface area contributed by atoms with Crippen LogP contribution in [0.25, 0.3) is 16.2 Å². The maximum absolute atomic E-state index is 9.32. The zero-order chi connectivity index (χ0) is 11.8. The molecule has 82 valence electrons. The SMILES string of the molecule is Cc1cccc2nc(-c3cccs3)c(C#N)n12. The summed E-state index contributed by atoms with van der Waals surface area (Å²) in [6.07, 6.45) is 0. The molecule has 0 atom stereocenters. The van der Waals surface area contributed by atoms with E-state index in [1.807, 2.05) is 47.0 Å². The number of imidazole rings is 1. The van der Waals surface area contributed by atoms with Crippen LogP contribution in [-0.2, 0) is 0 Å². The van der Waals surface area contributed by atoms with Crippen molar-refractivity contribution in [3.05, 3.63) is 47.1 Å². The molecular weight excluding hydrogens is 230 g/mol. The lowest BCUT2D eigenvalue weighted by Gasteiger charge is -1.99. The highest BCUT2D eigenvalue weighted by molar-refractivity contribution is 7.13. The standard InChI is InChI=1S/C13H9N3S/c1-9-4-2-6-12-15-13(10(8-14)16(9)12)11-5-3-7-17-11/h2-7H,1H3. The minimum absolute atomic E-state index is 0.612. The Bertz CT molecular complexity index is 717. The molecule has 0 aliphatic rings. The van der Waals surface area contributed by atoms with Gasteiger partial charge in [0.2, 0.25) is 0 Å². The number of nitrogens with zero attached hydrogens (tertiary/aromatic N) is 3. The third-order valence-electron chi connectivity index (χ3n) is 2.70. The third-order valence-corrected chi connectivity index (χ3v) is 3.58. The Kier molecular flexibility index (Phi) is 2.20. The maximum atomic E-state index is 9.32. The molecule has 0 saturated heterocycles. The van der Waals surface area contributed by atoms with Crippen molar-refractivity contribution < 1.29 is 0 Å². The van der Waals surface area contributed by atoms with Crippen LogP contribution in [0.2, 0.25) is 0 Å². The fraction of sp³-hybridized carbons (Fsp3) is 0.0769. The number of hydrogen-bond donors (Lipinski definition) is 0. The van der Waals surface area contributed by atoms with Gasteiger partial charge >= 0.3 is 0 Å². The zero-order valence-electron chi connectivity index (χ0n) is 9.21. The van der Waals surface area contributed by atoms with Gasteiger partial charge in [-0.2, -0.15) is 5.26 Å². The molecule has 0 aliphatic carbocycles. The number of fused-ring (bicyclic) bond motifs is 1.